The molecule has 3 aromatic rings. The van der Waals surface area contributed by atoms with E-state index in [0.29, 0.717) is 42.9 Å². The number of aliphatic imine (C=N–C) groups is 1. The van der Waals surface area contributed by atoms with Crippen molar-refractivity contribution in [3.8, 4) is 17.9 Å². The van der Waals surface area contributed by atoms with Crippen LogP contribution in [0.1, 0.15) is 24.0 Å². The number of hydrogen-bond acceptors (Lipinski definition) is 8. The van der Waals surface area contributed by atoms with Crippen molar-refractivity contribution in [2.75, 3.05) is 30.0 Å². The van der Waals surface area contributed by atoms with Crippen LogP contribution in [0.4, 0.5) is 17.1 Å². The van der Waals surface area contributed by atoms with Crippen LogP contribution in [0.3, 0.4) is 0 Å². The number of methoxy groups -OCH3 is 1. The molecule has 0 saturated heterocycles. The number of rotatable bonds is 10. The summed E-state index contributed by atoms with van der Waals surface area (Å²) in [4.78, 5) is 32.5. The molecular weight excluding hydrogens is 532 g/mol. The van der Waals surface area contributed by atoms with Crippen molar-refractivity contribution >= 4 is 46.5 Å². The molecule has 0 saturated carbocycles. The first-order valence-electron chi connectivity index (χ1n) is 12.2. The Morgan fingerprint density at radius 1 is 1.07 bits per heavy atom. The molecule has 40 heavy (non-hydrogen) atoms. The zero-order valence-corrected chi connectivity index (χ0v) is 22.2. The number of nitrogens with zero attached hydrogens (tertiary/aromatic N) is 6. The largest absolute Gasteiger partial charge is 0.497 e. The van der Waals surface area contributed by atoms with Gasteiger partial charge < -0.3 is 9.64 Å². The van der Waals surface area contributed by atoms with E-state index in [1.165, 1.54) is 30.2 Å². The smallest absolute Gasteiger partial charge is 0.282 e. The number of benzene rings is 3. The molecule has 1 aliphatic rings. The van der Waals surface area contributed by atoms with Gasteiger partial charge in [0.25, 0.3) is 11.6 Å². The Labute approximate surface area is 235 Å². The van der Waals surface area contributed by atoms with Crippen molar-refractivity contribution in [3.63, 3.8) is 0 Å². The van der Waals surface area contributed by atoms with Gasteiger partial charge in [0.05, 0.1) is 47.7 Å². The predicted octanol–water partition coefficient (Wildman–Crippen LogP) is 5.73. The van der Waals surface area contributed by atoms with E-state index in [9.17, 15) is 14.9 Å². The Kier molecular flexibility index (Phi) is 8.75. The van der Waals surface area contributed by atoms with Gasteiger partial charge >= 0.3 is 0 Å². The van der Waals surface area contributed by atoms with Gasteiger partial charge in [-0.05, 0) is 42.0 Å². The molecule has 0 radical (unpaired) electrons. The second kappa shape index (κ2) is 12.6. The van der Waals surface area contributed by atoms with Gasteiger partial charge in [-0.25, -0.2) is 4.99 Å². The minimum atomic E-state index is -0.540. The van der Waals surface area contributed by atoms with Gasteiger partial charge in [-0.15, -0.1) is 0 Å². The van der Waals surface area contributed by atoms with Crippen molar-refractivity contribution in [2.45, 2.75) is 12.8 Å². The summed E-state index contributed by atoms with van der Waals surface area (Å²) in [5.74, 6) is 0.216. The second-order valence-corrected chi connectivity index (χ2v) is 9.03. The lowest BCUT2D eigenvalue weighted by atomic mass is 10.1. The first-order valence-corrected chi connectivity index (χ1v) is 12.6. The number of anilines is 2. The number of amidine groups is 1. The van der Waals surface area contributed by atoms with Crippen LogP contribution in [0.15, 0.2) is 77.4 Å². The summed E-state index contributed by atoms with van der Waals surface area (Å²) in [5, 5.41) is 29.6. The fraction of sp³-hybridized carbons (Fsp3) is 0.172. The van der Waals surface area contributed by atoms with Crippen molar-refractivity contribution < 1.29 is 14.5 Å². The first kappa shape index (κ1) is 27.8. The second-order valence-electron chi connectivity index (χ2n) is 8.62. The number of ether oxygens (including phenoxy) is 1. The average molecular weight is 555 g/mol. The van der Waals surface area contributed by atoms with Crippen LogP contribution in [-0.2, 0) is 4.79 Å². The zero-order valence-electron chi connectivity index (χ0n) is 21.5. The molecule has 0 spiro atoms. The van der Waals surface area contributed by atoms with Crippen LogP contribution in [0.25, 0.3) is 6.08 Å². The molecular formula is C29H23ClN6O4. The minimum absolute atomic E-state index is 0.110. The monoisotopic (exact) mass is 554 g/mol. The fourth-order valence-corrected chi connectivity index (χ4v) is 4.37. The molecule has 0 bridgehead atoms. The van der Waals surface area contributed by atoms with E-state index in [1.807, 2.05) is 29.2 Å². The first-order chi connectivity index (χ1) is 19.4. The molecule has 0 aromatic heterocycles. The Bertz CT molecular complexity index is 1570. The highest BCUT2D eigenvalue weighted by Crippen LogP contribution is 2.33. The summed E-state index contributed by atoms with van der Waals surface area (Å²) in [7, 11) is 1.51. The van der Waals surface area contributed by atoms with Gasteiger partial charge in [-0.2, -0.15) is 10.5 Å². The molecule has 3 aromatic carbocycles. The molecule has 0 N–H and O–H groups in total. The van der Waals surface area contributed by atoms with Crippen LogP contribution in [0.2, 0.25) is 5.02 Å². The predicted molar refractivity (Wildman–Crippen MR) is 152 cm³/mol. The lowest BCUT2D eigenvalue weighted by molar-refractivity contribution is -0.384. The Morgan fingerprint density at radius 3 is 2.40 bits per heavy atom. The van der Waals surface area contributed by atoms with Crippen molar-refractivity contribution in [2.24, 2.45) is 4.99 Å². The van der Waals surface area contributed by atoms with Crippen LogP contribution in [0, 0.1) is 32.8 Å². The quantitative estimate of drug-likeness (QED) is 0.177. The maximum absolute atomic E-state index is 13.7. The molecule has 11 heteroatoms. The number of carbonyl (C=O) groups is 1. The number of halogens is 1. The summed E-state index contributed by atoms with van der Waals surface area (Å²) in [5.41, 5.74) is 2.14. The van der Waals surface area contributed by atoms with Gasteiger partial charge in [0.2, 0.25) is 0 Å². The summed E-state index contributed by atoms with van der Waals surface area (Å²) in [6.45, 7) is 0.981. The van der Waals surface area contributed by atoms with Crippen LogP contribution >= 0.6 is 11.6 Å². The molecule has 0 aliphatic carbocycles. The Hall–Kier alpha value is -5.19. The molecule has 10 nitrogen and oxygen atoms in total. The lowest BCUT2D eigenvalue weighted by Gasteiger charge is -2.22. The van der Waals surface area contributed by atoms with Crippen LogP contribution in [-0.4, -0.2) is 36.9 Å². The van der Waals surface area contributed by atoms with Crippen molar-refractivity contribution in [1.29, 1.82) is 10.5 Å². The molecule has 1 amide bonds. The fourth-order valence-electron chi connectivity index (χ4n) is 4.16. The third kappa shape index (κ3) is 6.09. The number of amides is 1. The van der Waals surface area contributed by atoms with Crippen molar-refractivity contribution in [3.05, 3.63) is 98.7 Å². The molecule has 200 valence electrons. The molecule has 1 heterocycles. The van der Waals surface area contributed by atoms with E-state index in [4.69, 9.17) is 26.9 Å². The summed E-state index contributed by atoms with van der Waals surface area (Å²) in [6, 6.07) is 22.4. The summed E-state index contributed by atoms with van der Waals surface area (Å²) >= 11 is 6.44. The zero-order chi connectivity index (χ0) is 28.6. The number of non-ortho nitro benzene ring substituents is 1. The van der Waals surface area contributed by atoms with E-state index < -0.39 is 10.8 Å². The molecule has 0 fully saturated rings. The lowest BCUT2D eigenvalue weighted by Crippen LogP contribution is -2.32. The van der Waals surface area contributed by atoms with Gasteiger partial charge in [-0.3, -0.25) is 19.8 Å². The number of nitro benzene ring substituents is 1. The third-order valence-corrected chi connectivity index (χ3v) is 6.45. The van der Waals surface area contributed by atoms with Crippen LogP contribution in [0.5, 0.6) is 5.75 Å². The van der Waals surface area contributed by atoms with E-state index in [0.717, 1.165) is 5.69 Å². The van der Waals surface area contributed by atoms with Gasteiger partial charge in [-0.1, -0.05) is 29.8 Å². The highest BCUT2D eigenvalue weighted by Gasteiger charge is 2.34. The maximum Gasteiger partial charge on any atom is 0.282 e. The Balaban J connectivity index is 1.75. The number of hydrogen-bond donors (Lipinski definition) is 0. The molecule has 4 rings (SSSR count). The number of carbonyl (C=O) groups excluding carboxylic acids is 1. The molecule has 1 aliphatic heterocycles. The topological polar surface area (TPSA) is 136 Å². The highest BCUT2D eigenvalue weighted by molar-refractivity contribution is 6.39. The molecule has 0 unspecified atom stereocenters. The van der Waals surface area contributed by atoms with Crippen molar-refractivity contribution in [1.82, 2.24) is 0 Å². The van der Waals surface area contributed by atoms with Gasteiger partial charge in [0.1, 0.15) is 17.3 Å². The van der Waals surface area contributed by atoms with E-state index in [2.05, 4.69) is 17.1 Å². The van der Waals surface area contributed by atoms with E-state index in [1.54, 1.807) is 30.3 Å². The summed E-state index contributed by atoms with van der Waals surface area (Å²) in [6.07, 6.45) is 2.26. The SMILES string of the molecule is COc1cccc(N2C(=O)C(=Cc3ccc(N(CCC#N)CCC#N)cc3)N=C2c2cc([N+](=O)[O-])ccc2Cl)c1. The van der Waals surface area contributed by atoms with Gasteiger partial charge in [0.15, 0.2) is 0 Å². The van der Waals surface area contributed by atoms with E-state index >= 15 is 0 Å². The maximum atomic E-state index is 13.7. The summed E-state index contributed by atoms with van der Waals surface area (Å²) < 4.78 is 5.32. The average Bonchev–Trinajstić information content (AvgIpc) is 3.29. The van der Waals surface area contributed by atoms with Gasteiger partial charge in [0, 0.05) is 42.5 Å². The standard InChI is InChI=1S/C29H23ClN6O4/c1-40-24-6-2-5-22(18-24)35-28(25-19-23(36(38)39)11-12-26(25)30)33-27(29(35)37)17-20-7-9-21(10-8-20)34(15-3-13-31)16-4-14-32/h2,5-12,17-19H,3-4,15-16H2,1H3. The third-order valence-electron chi connectivity index (χ3n) is 6.12. The normalized spacial score (nSPS) is 13.5. The van der Waals surface area contributed by atoms with Crippen LogP contribution < -0.4 is 14.5 Å². The minimum Gasteiger partial charge on any atom is -0.497 e. The number of nitriles is 2. The van der Waals surface area contributed by atoms with E-state index in [-0.39, 0.29) is 27.8 Å². The number of nitro groups is 1. The molecule has 0 atom stereocenters. The Morgan fingerprint density at radius 2 is 1.77 bits per heavy atom. The highest BCUT2D eigenvalue weighted by atomic mass is 35.5.